The third kappa shape index (κ3) is 3.40. The maximum atomic E-state index is 5.59. The lowest BCUT2D eigenvalue weighted by Gasteiger charge is -2.17. The molecule has 0 fully saturated rings. The molecule has 90 valence electrons. The second-order valence-electron chi connectivity index (χ2n) is 3.33. The third-order valence-electron chi connectivity index (χ3n) is 2.16. The fraction of sp³-hybridized carbons (Fsp3) is 0.500. The molecular weight excluding hydrogens is 206 g/mol. The predicted molar refractivity (Wildman–Crippen MR) is 62.6 cm³/mol. The van der Waals surface area contributed by atoms with Gasteiger partial charge in [0.25, 0.3) is 0 Å². The fourth-order valence-electron chi connectivity index (χ4n) is 1.38. The zero-order valence-corrected chi connectivity index (χ0v) is 10.0. The number of rotatable bonds is 6. The molecule has 0 aromatic heterocycles. The van der Waals surface area contributed by atoms with Crippen molar-refractivity contribution < 1.29 is 14.2 Å². The van der Waals surface area contributed by atoms with Crippen molar-refractivity contribution in [2.45, 2.75) is 26.7 Å². The molecule has 4 heteroatoms. The summed E-state index contributed by atoms with van der Waals surface area (Å²) in [5.41, 5.74) is 6.56. The SMILES string of the molecule is CCOC(C)Oc1ccc(CN)cc1OC. The van der Waals surface area contributed by atoms with E-state index in [0.717, 1.165) is 5.56 Å². The minimum Gasteiger partial charge on any atom is -0.493 e. The number of methoxy groups -OCH3 is 1. The van der Waals surface area contributed by atoms with Crippen LogP contribution in [0, 0.1) is 0 Å². The molecule has 1 aromatic rings. The molecule has 0 aliphatic rings. The van der Waals surface area contributed by atoms with Crippen LogP contribution in [-0.4, -0.2) is 20.0 Å². The molecule has 1 unspecified atom stereocenters. The maximum Gasteiger partial charge on any atom is 0.197 e. The Morgan fingerprint density at radius 3 is 2.62 bits per heavy atom. The van der Waals surface area contributed by atoms with E-state index in [1.54, 1.807) is 7.11 Å². The molecular formula is C12H19NO3. The van der Waals surface area contributed by atoms with Crippen molar-refractivity contribution >= 4 is 0 Å². The summed E-state index contributed by atoms with van der Waals surface area (Å²) in [7, 11) is 1.60. The van der Waals surface area contributed by atoms with Crippen molar-refractivity contribution in [1.82, 2.24) is 0 Å². The first-order chi connectivity index (χ1) is 7.71. The molecule has 0 heterocycles. The number of hydrogen-bond donors (Lipinski definition) is 1. The summed E-state index contributed by atoms with van der Waals surface area (Å²) in [4.78, 5) is 0. The molecule has 0 amide bonds. The quantitative estimate of drug-likeness (QED) is 0.751. The van der Waals surface area contributed by atoms with Gasteiger partial charge in [-0.05, 0) is 31.5 Å². The first-order valence-corrected chi connectivity index (χ1v) is 5.36. The van der Waals surface area contributed by atoms with Crippen LogP contribution < -0.4 is 15.2 Å². The van der Waals surface area contributed by atoms with E-state index in [2.05, 4.69) is 0 Å². The molecule has 0 aliphatic heterocycles. The van der Waals surface area contributed by atoms with Gasteiger partial charge in [0.2, 0.25) is 0 Å². The molecule has 0 saturated carbocycles. The highest BCUT2D eigenvalue weighted by molar-refractivity contribution is 5.42. The summed E-state index contributed by atoms with van der Waals surface area (Å²) in [5.74, 6) is 1.34. The van der Waals surface area contributed by atoms with Crippen LogP contribution >= 0.6 is 0 Å². The first-order valence-electron chi connectivity index (χ1n) is 5.36. The van der Waals surface area contributed by atoms with E-state index in [-0.39, 0.29) is 6.29 Å². The molecule has 16 heavy (non-hydrogen) atoms. The molecule has 1 aromatic carbocycles. The molecule has 0 spiro atoms. The Balaban J connectivity index is 2.78. The average molecular weight is 225 g/mol. The summed E-state index contributed by atoms with van der Waals surface area (Å²) >= 11 is 0. The smallest absolute Gasteiger partial charge is 0.197 e. The van der Waals surface area contributed by atoms with E-state index in [9.17, 15) is 0 Å². The number of nitrogens with two attached hydrogens (primary N) is 1. The van der Waals surface area contributed by atoms with Gasteiger partial charge >= 0.3 is 0 Å². The lowest BCUT2D eigenvalue weighted by atomic mass is 10.2. The average Bonchev–Trinajstić information content (AvgIpc) is 2.30. The fourth-order valence-corrected chi connectivity index (χ4v) is 1.38. The number of hydrogen-bond acceptors (Lipinski definition) is 4. The van der Waals surface area contributed by atoms with Crippen LogP contribution in [0.3, 0.4) is 0 Å². The summed E-state index contributed by atoms with van der Waals surface area (Å²) in [5, 5.41) is 0. The van der Waals surface area contributed by atoms with Crippen LogP contribution in [0.2, 0.25) is 0 Å². The van der Waals surface area contributed by atoms with Gasteiger partial charge in [0.05, 0.1) is 7.11 Å². The van der Waals surface area contributed by atoms with Crippen molar-refractivity contribution in [2.75, 3.05) is 13.7 Å². The van der Waals surface area contributed by atoms with Crippen LogP contribution in [0.5, 0.6) is 11.5 Å². The van der Waals surface area contributed by atoms with Gasteiger partial charge in [0.1, 0.15) is 0 Å². The lowest BCUT2D eigenvalue weighted by Crippen LogP contribution is -2.16. The monoisotopic (exact) mass is 225 g/mol. The highest BCUT2D eigenvalue weighted by Crippen LogP contribution is 2.28. The van der Waals surface area contributed by atoms with Crippen LogP contribution in [0.4, 0.5) is 0 Å². The molecule has 0 saturated heterocycles. The van der Waals surface area contributed by atoms with Crippen molar-refractivity contribution in [2.24, 2.45) is 5.73 Å². The lowest BCUT2D eigenvalue weighted by molar-refractivity contribution is -0.0623. The van der Waals surface area contributed by atoms with Gasteiger partial charge in [0, 0.05) is 13.2 Å². The molecule has 1 atom stereocenters. The van der Waals surface area contributed by atoms with Gasteiger partial charge in [-0.1, -0.05) is 6.07 Å². The van der Waals surface area contributed by atoms with Crippen LogP contribution in [0.15, 0.2) is 18.2 Å². The van der Waals surface area contributed by atoms with Gasteiger partial charge in [-0.15, -0.1) is 0 Å². The Morgan fingerprint density at radius 1 is 1.31 bits per heavy atom. The van der Waals surface area contributed by atoms with E-state index in [0.29, 0.717) is 24.7 Å². The Labute approximate surface area is 96.3 Å². The van der Waals surface area contributed by atoms with E-state index >= 15 is 0 Å². The molecule has 0 bridgehead atoms. The molecule has 0 aliphatic carbocycles. The van der Waals surface area contributed by atoms with Gasteiger partial charge in [-0.3, -0.25) is 0 Å². The summed E-state index contributed by atoms with van der Waals surface area (Å²) in [6, 6.07) is 5.63. The van der Waals surface area contributed by atoms with Gasteiger partial charge in [-0.2, -0.15) is 0 Å². The molecule has 4 nitrogen and oxygen atoms in total. The summed E-state index contributed by atoms with van der Waals surface area (Å²) < 4.78 is 16.1. The number of benzene rings is 1. The predicted octanol–water partition coefficient (Wildman–Crippen LogP) is 1.92. The highest BCUT2D eigenvalue weighted by Gasteiger charge is 2.09. The van der Waals surface area contributed by atoms with Crippen LogP contribution in [0.1, 0.15) is 19.4 Å². The zero-order chi connectivity index (χ0) is 12.0. The second kappa shape index (κ2) is 6.35. The van der Waals surface area contributed by atoms with Crippen molar-refractivity contribution in [1.29, 1.82) is 0 Å². The standard InChI is InChI=1S/C12H19NO3/c1-4-15-9(2)16-11-6-5-10(8-13)7-12(11)14-3/h5-7,9H,4,8,13H2,1-3H3. The topological polar surface area (TPSA) is 53.7 Å². The normalized spacial score (nSPS) is 12.2. The minimum atomic E-state index is -0.289. The first kappa shape index (κ1) is 12.8. The summed E-state index contributed by atoms with van der Waals surface area (Å²) in [6.07, 6.45) is -0.289. The van der Waals surface area contributed by atoms with Crippen LogP contribution in [-0.2, 0) is 11.3 Å². The molecule has 0 radical (unpaired) electrons. The van der Waals surface area contributed by atoms with Crippen molar-refractivity contribution in [3.05, 3.63) is 23.8 Å². The number of ether oxygens (including phenoxy) is 3. The van der Waals surface area contributed by atoms with Crippen molar-refractivity contribution in [3.8, 4) is 11.5 Å². The van der Waals surface area contributed by atoms with Gasteiger partial charge in [0.15, 0.2) is 17.8 Å². The Morgan fingerprint density at radius 2 is 2.06 bits per heavy atom. The third-order valence-corrected chi connectivity index (χ3v) is 2.16. The second-order valence-corrected chi connectivity index (χ2v) is 3.33. The van der Waals surface area contributed by atoms with E-state index in [1.807, 2.05) is 32.0 Å². The largest absolute Gasteiger partial charge is 0.493 e. The Hall–Kier alpha value is -1.26. The Bertz CT molecular complexity index is 328. The van der Waals surface area contributed by atoms with E-state index in [1.165, 1.54) is 0 Å². The van der Waals surface area contributed by atoms with E-state index in [4.69, 9.17) is 19.9 Å². The van der Waals surface area contributed by atoms with Gasteiger partial charge in [-0.25, -0.2) is 0 Å². The van der Waals surface area contributed by atoms with Crippen LogP contribution in [0.25, 0.3) is 0 Å². The van der Waals surface area contributed by atoms with Crippen molar-refractivity contribution in [3.63, 3.8) is 0 Å². The summed E-state index contributed by atoms with van der Waals surface area (Å²) in [6.45, 7) is 4.87. The molecule has 1 rings (SSSR count). The highest BCUT2D eigenvalue weighted by atomic mass is 16.7. The Kier molecular flexibility index (Phi) is 5.08. The van der Waals surface area contributed by atoms with E-state index < -0.39 is 0 Å². The zero-order valence-electron chi connectivity index (χ0n) is 10.0. The van der Waals surface area contributed by atoms with Gasteiger partial charge < -0.3 is 19.9 Å². The molecule has 2 N–H and O–H groups in total. The minimum absolute atomic E-state index is 0.289. The maximum absolute atomic E-state index is 5.59.